The van der Waals surface area contributed by atoms with Crippen molar-refractivity contribution in [2.24, 2.45) is 7.05 Å². The van der Waals surface area contributed by atoms with Gasteiger partial charge in [-0.15, -0.1) is 0 Å². The van der Waals surface area contributed by atoms with Crippen LogP contribution in [0.25, 0.3) is 0 Å². The number of nitrogens with zero attached hydrogens (tertiary/aromatic N) is 4. The molecule has 0 saturated heterocycles. The van der Waals surface area contributed by atoms with Crippen molar-refractivity contribution >= 4 is 34.0 Å². The van der Waals surface area contributed by atoms with Crippen LogP contribution in [0, 0.1) is 13.7 Å². The Kier molecular flexibility index (Phi) is 4.31. The second kappa shape index (κ2) is 6.10. The quantitative estimate of drug-likeness (QED) is 0.427. The number of anilines is 1. The summed E-state index contributed by atoms with van der Waals surface area (Å²) in [7, 11) is 2.06. The van der Waals surface area contributed by atoms with Crippen LogP contribution in [0.4, 0.5) is 11.4 Å². The van der Waals surface area contributed by atoms with Crippen LogP contribution in [0.3, 0.4) is 0 Å². The number of hydrogen-bond acceptors (Lipinski definition) is 4. The molecule has 2 heterocycles. The van der Waals surface area contributed by atoms with Gasteiger partial charge >= 0.3 is 0 Å². The number of fused-ring (bicyclic) bond motifs is 1. The second-order valence-corrected chi connectivity index (χ2v) is 7.38. The van der Waals surface area contributed by atoms with Crippen LogP contribution in [0.5, 0.6) is 0 Å². The van der Waals surface area contributed by atoms with Gasteiger partial charge in [0.25, 0.3) is 5.69 Å². The Balaban J connectivity index is 1.97. The highest BCUT2D eigenvalue weighted by Crippen LogP contribution is 2.33. The standard InChI is InChI=1S/C16H19IN4O2/c1-10(2)16-18-12-9-20(7-6-13(12)19(16)3)14-5-4-11(17)8-15(14)21(22)23/h4-5,8,10H,6-7,9H2,1-3H3. The lowest BCUT2D eigenvalue weighted by atomic mass is 10.1. The van der Waals surface area contributed by atoms with E-state index in [4.69, 9.17) is 4.98 Å². The molecule has 0 fully saturated rings. The maximum absolute atomic E-state index is 11.4. The molecule has 0 amide bonds. The molecule has 0 radical (unpaired) electrons. The number of aromatic nitrogens is 2. The van der Waals surface area contributed by atoms with Gasteiger partial charge in [0.15, 0.2) is 0 Å². The minimum absolute atomic E-state index is 0.167. The maximum atomic E-state index is 11.4. The molecule has 7 heteroatoms. The van der Waals surface area contributed by atoms with Crippen molar-refractivity contribution in [1.82, 2.24) is 9.55 Å². The highest BCUT2D eigenvalue weighted by atomic mass is 127. The van der Waals surface area contributed by atoms with Crippen molar-refractivity contribution in [3.8, 4) is 0 Å². The summed E-state index contributed by atoms with van der Waals surface area (Å²) in [4.78, 5) is 17.9. The van der Waals surface area contributed by atoms with Gasteiger partial charge in [0.1, 0.15) is 11.5 Å². The van der Waals surface area contributed by atoms with Crippen LogP contribution < -0.4 is 4.90 Å². The molecule has 0 bridgehead atoms. The van der Waals surface area contributed by atoms with Crippen LogP contribution in [0.15, 0.2) is 18.2 Å². The third-order valence-electron chi connectivity index (χ3n) is 4.28. The first-order valence-electron chi connectivity index (χ1n) is 7.61. The first-order chi connectivity index (χ1) is 10.9. The molecule has 1 aromatic heterocycles. The number of hydrogen-bond donors (Lipinski definition) is 0. The van der Waals surface area contributed by atoms with Crippen LogP contribution in [-0.4, -0.2) is 21.0 Å². The molecule has 0 atom stereocenters. The molecule has 0 saturated carbocycles. The predicted octanol–water partition coefficient (Wildman–Crippen LogP) is 3.62. The number of rotatable bonds is 3. The minimum atomic E-state index is -0.301. The van der Waals surface area contributed by atoms with E-state index < -0.39 is 0 Å². The summed E-state index contributed by atoms with van der Waals surface area (Å²) in [5.41, 5.74) is 3.13. The summed E-state index contributed by atoms with van der Waals surface area (Å²) in [5.74, 6) is 1.45. The molecule has 1 aromatic carbocycles. The Labute approximate surface area is 148 Å². The molecule has 1 aliphatic heterocycles. The van der Waals surface area contributed by atoms with Gasteiger partial charge in [0.2, 0.25) is 0 Å². The Bertz CT molecular complexity index is 770. The van der Waals surface area contributed by atoms with Crippen LogP contribution in [0.2, 0.25) is 0 Å². The molecule has 1 aliphatic rings. The molecular formula is C16H19IN4O2. The van der Waals surface area contributed by atoms with E-state index in [1.54, 1.807) is 6.07 Å². The molecule has 122 valence electrons. The number of benzene rings is 1. The Hall–Kier alpha value is -1.64. The summed E-state index contributed by atoms with van der Waals surface area (Å²) in [6, 6.07) is 5.39. The molecule has 0 unspecified atom stereocenters. The van der Waals surface area contributed by atoms with Gasteiger partial charge < -0.3 is 9.47 Å². The predicted molar refractivity (Wildman–Crippen MR) is 97.9 cm³/mol. The summed E-state index contributed by atoms with van der Waals surface area (Å²) >= 11 is 2.10. The van der Waals surface area contributed by atoms with Gasteiger partial charge in [-0.25, -0.2) is 4.98 Å². The molecule has 3 rings (SSSR count). The van der Waals surface area contributed by atoms with E-state index in [2.05, 4.69) is 53.0 Å². The van der Waals surface area contributed by atoms with E-state index in [1.165, 1.54) is 5.69 Å². The fourth-order valence-electron chi connectivity index (χ4n) is 3.18. The number of nitro benzene ring substituents is 1. The monoisotopic (exact) mass is 426 g/mol. The van der Waals surface area contributed by atoms with Gasteiger partial charge in [0.05, 0.1) is 17.2 Å². The lowest BCUT2D eigenvalue weighted by Crippen LogP contribution is -2.31. The number of imidazole rings is 1. The number of halogens is 1. The van der Waals surface area contributed by atoms with Crippen molar-refractivity contribution in [3.05, 3.63) is 49.1 Å². The molecule has 0 spiro atoms. The molecule has 2 aromatic rings. The summed E-state index contributed by atoms with van der Waals surface area (Å²) in [5, 5.41) is 11.4. The molecule has 0 N–H and O–H groups in total. The van der Waals surface area contributed by atoms with Crippen LogP contribution in [0.1, 0.15) is 37.0 Å². The van der Waals surface area contributed by atoms with Crippen LogP contribution >= 0.6 is 22.6 Å². The SMILES string of the molecule is CC(C)c1nc2c(n1C)CCN(c1ccc(I)cc1[N+](=O)[O-])C2. The van der Waals surface area contributed by atoms with E-state index in [0.717, 1.165) is 28.1 Å². The van der Waals surface area contributed by atoms with E-state index >= 15 is 0 Å². The molecule has 23 heavy (non-hydrogen) atoms. The maximum Gasteiger partial charge on any atom is 0.293 e. The van der Waals surface area contributed by atoms with Gasteiger partial charge in [-0.1, -0.05) is 13.8 Å². The van der Waals surface area contributed by atoms with E-state index in [-0.39, 0.29) is 10.6 Å². The lowest BCUT2D eigenvalue weighted by Gasteiger charge is -2.28. The zero-order valence-electron chi connectivity index (χ0n) is 13.4. The highest BCUT2D eigenvalue weighted by molar-refractivity contribution is 14.1. The van der Waals surface area contributed by atoms with Crippen molar-refractivity contribution in [2.75, 3.05) is 11.4 Å². The molecular weight excluding hydrogens is 407 g/mol. The Morgan fingerprint density at radius 1 is 1.39 bits per heavy atom. The van der Waals surface area contributed by atoms with E-state index in [0.29, 0.717) is 18.2 Å². The average molecular weight is 426 g/mol. The molecule has 6 nitrogen and oxygen atoms in total. The smallest absolute Gasteiger partial charge is 0.293 e. The minimum Gasteiger partial charge on any atom is -0.360 e. The van der Waals surface area contributed by atoms with Crippen molar-refractivity contribution in [3.63, 3.8) is 0 Å². The zero-order chi connectivity index (χ0) is 16.7. The summed E-state index contributed by atoms with van der Waals surface area (Å²) < 4.78 is 3.05. The fourth-order valence-corrected chi connectivity index (χ4v) is 3.66. The number of nitro groups is 1. The van der Waals surface area contributed by atoms with Gasteiger partial charge in [0, 0.05) is 41.3 Å². The average Bonchev–Trinajstić information content (AvgIpc) is 2.84. The Morgan fingerprint density at radius 2 is 2.13 bits per heavy atom. The zero-order valence-corrected chi connectivity index (χ0v) is 15.6. The van der Waals surface area contributed by atoms with E-state index in [9.17, 15) is 10.1 Å². The first kappa shape index (κ1) is 16.2. The van der Waals surface area contributed by atoms with Gasteiger partial charge in [-0.2, -0.15) is 0 Å². The third kappa shape index (κ3) is 2.93. The normalized spacial score (nSPS) is 14.2. The highest BCUT2D eigenvalue weighted by Gasteiger charge is 2.27. The third-order valence-corrected chi connectivity index (χ3v) is 4.95. The summed E-state index contributed by atoms with van der Waals surface area (Å²) in [6.07, 6.45) is 0.856. The molecule has 0 aliphatic carbocycles. The van der Waals surface area contributed by atoms with Crippen molar-refractivity contribution in [1.29, 1.82) is 0 Å². The second-order valence-electron chi connectivity index (χ2n) is 6.14. The van der Waals surface area contributed by atoms with Crippen LogP contribution in [-0.2, 0) is 20.0 Å². The van der Waals surface area contributed by atoms with Crippen molar-refractivity contribution < 1.29 is 4.92 Å². The Morgan fingerprint density at radius 3 is 2.78 bits per heavy atom. The topological polar surface area (TPSA) is 64.2 Å². The van der Waals surface area contributed by atoms with Gasteiger partial charge in [-0.05, 0) is 34.7 Å². The first-order valence-corrected chi connectivity index (χ1v) is 8.69. The lowest BCUT2D eigenvalue weighted by molar-refractivity contribution is -0.384. The summed E-state index contributed by atoms with van der Waals surface area (Å²) in [6.45, 7) is 5.66. The van der Waals surface area contributed by atoms with E-state index in [1.807, 2.05) is 12.1 Å². The van der Waals surface area contributed by atoms with Crippen molar-refractivity contribution in [2.45, 2.75) is 32.7 Å². The largest absolute Gasteiger partial charge is 0.360 e. The fraction of sp³-hybridized carbons (Fsp3) is 0.438. The van der Waals surface area contributed by atoms with Gasteiger partial charge in [-0.3, -0.25) is 10.1 Å².